The quantitative estimate of drug-likeness (QED) is 0.387. The molecule has 0 bridgehead atoms. The molecule has 2 aromatic heterocycles. The van der Waals surface area contributed by atoms with E-state index in [2.05, 4.69) is 25.9 Å². The van der Waals surface area contributed by atoms with Crippen LogP contribution in [0.1, 0.15) is 16.8 Å². The van der Waals surface area contributed by atoms with Gasteiger partial charge in [-0.05, 0) is 43.3 Å². The third-order valence-electron chi connectivity index (χ3n) is 5.06. The summed E-state index contributed by atoms with van der Waals surface area (Å²) in [7, 11) is 1.86. The number of aryl methyl sites for hydroxylation is 1. The molecule has 0 atom stereocenters. The van der Waals surface area contributed by atoms with Crippen LogP contribution in [-0.2, 0) is 12.7 Å². The molecule has 172 valence electrons. The van der Waals surface area contributed by atoms with Crippen molar-refractivity contribution in [1.29, 1.82) is 0 Å². The average Bonchev–Trinajstić information content (AvgIpc) is 3.45. The van der Waals surface area contributed by atoms with Crippen LogP contribution in [0.15, 0.2) is 59.0 Å². The number of rotatable bonds is 8. The van der Waals surface area contributed by atoms with Crippen molar-refractivity contribution < 1.29 is 17.6 Å². The van der Waals surface area contributed by atoms with Gasteiger partial charge in [-0.1, -0.05) is 30.3 Å². The molecule has 0 spiro atoms. The molecule has 2 heterocycles. The number of likely N-dealkylation sites (N-methyl/N-ethyl adjacent to an activating group) is 1. The van der Waals surface area contributed by atoms with Crippen LogP contribution in [0.5, 0.6) is 0 Å². The summed E-state index contributed by atoms with van der Waals surface area (Å²) in [5, 5.41) is 18.2. The van der Waals surface area contributed by atoms with Crippen molar-refractivity contribution >= 4 is 0 Å². The molecule has 4 rings (SSSR count). The molecule has 0 aliphatic carbocycles. The van der Waals surface area contributed by atoms with Gasteiger partial charge in [0, 0.05) is 31.3 Å². The summed E-state index contributed by atoms with van der Waals surface area (Å²) < 4.78 is 47.5. The van der Waals surface area contributed by atoms with Crippen molar-refractivity contribution in [2.45, 2.75) is 19.6 Å². The predicted molar refractivity (Wildman–Crippen MR) is 118 cm³/mol. The summed E-state index contributed by atoms with van der Waals surface area (Å²) >= 11 is 0. The van der Waals surface area contributed by atoms with Crippen LogP contribution in [0, 0.1) is 6.92 Å². The Bertz CT molecular complexity index is 1230. The molecule has 0 amide bonds. The smallest absolute Gasteiger partial charge is 0.415 e. The molecule has 0 aliphatic rings. The fourth-order valence-electron chi connectivity index (χ4n) is 3.36. The van der Waals surface area contributed by atoms with E-state index in [1.807, 2.05) is 44.3 Å². The molecule has 10 heteroatoms. The highest BCUT2D eigenvalue weighted by molar-refractivity contribution is 5.61. The van der Waals surface area contributed by atoms with Crippen LogP contribution < -0.4 is 10.6 Å². The van der Waals surface area contributed by atoms with Gasteiger partial charge in [-0.25, -0.2) is 4.68 Å². The monoisotopic (exact) mass is 456 g/mol. The van der Waals surface area contributed by atoms with Crippen molar-refractivity contribution in [3.05, 3.63) is 71.4 Å². The summed E-state index contributed by atoms with van der Waals surface area (Å²) in [5.41, 5.74) is 2.03. The van der Waals surface area contributed by atoms with E-state index in [0.717, 1.165) is 30.3 Å². The fourth-order valence-corrected chi connectivity index (χ4v) is 3.36. The van der Waals surface area contributed by atoms with Crippen molar-refractivity contribution in [1.82, 2.24) is 30.6 Å². The second kappa shape index (κ2) is 9.55. The number of benzene rings is 2. The Morgan fingerprint density at radius 3 is 2.52 bits per heavy atom. The molecule has 33 heavy (non-hydrogen) atoms. The first-order chi connectivity index (χ1) is 15.9. The minimum Gasteiger partial charge on any atom is -0.415 e. The van der Waals surface area contributed by atoms with Crippen LogP contribution in [0.25, 0.3) is 28.7 Å². The highest BCUT2D eigenvalue weighted by atomic mass is 19.4. The van der Waals surface area contributed by atoms with Crippen molar-refractivity contribution in [2.75, 3.05) is 20.1 Å². The largest absolute Gasteiger partial charge is 0.435 e. The van der Waals surface area contributed by atoms with E-state index in [1.54, 1.807) is 18.2 Å². The first-order valence-electron chi connectivity index (χ1n) is 10.4. The zero-order valence-electron chi connectivity index (χ0n) is 18.1. The maximum absolute atomic E-state index is 13.5. The van der Waals surface area contributed by atoms with Crippen molar-refractivity contribution in [2.24, 2.45) is 0 Å². The van der Waals surface area contributed by atoms with Crippen molar-refractivity contribution in [3.8, 4) is 28.7 Å². The topological polar surface area (TPSA) is 80.8 Å². The van der Waals surface area contributed by atoms with E-state index < -0.39 is 11.9 Å². The predicted octanol–water partition coefficient (Wildman–Crippen LogP) is 4.23. The van der Waals surface area contributed by atoms with Gasteiger partial charge in [0.05, 0.1) is 5.69 Å². The first kappa shape index (κ1) is 22.7. The molecular weight excluding hydrogens is 433 g/mol. The molecular formula is C23H23F3N6O. The third kappa shape index (κ3) is 5.12. The lowest BCUT2D eigenvalue weighted by Gasteiger charge is -2.09. The zero-order valence-corrected chi connectivity index (χ0v) is 18.1. The Hall–Kier alpha value is -3.50. The molecule has 0 radical (unpaired) electrons. The van der Waals surface area contributed by atoms with E-state index in [1.165, 1.54) is 4.68 Å². The lowest BCUT2D eigenvalue weighted by Crippen LogP contribution is -2.24. The standard InChI is InChI=1S/C23H23F3N6O/c1-15-6-3-4-9-18(15)21-29-30-22(33-21)19-13-20(23(24,25)26)31-32(19)17-8-5-7-16(12-17)14-28-11-10-27-2/h3-9,12-13,27-28H,10-11,14H2,1-2H3. The number of hydrogen-bond donors (Lipinski definition) is 2. The fraction of sp³-hybridized carbons (Fsp3) is 0.261. The van der Waals surface area contributed by atoms with Gasteiger partial charge in [0.25, 0.3) is 5.89 Å². The van der Waals surface area contributed by atoms with E-state index in [4.69, 9.17) is 4.42 Å². The van der Waals surface area contributed by atoms with Gasteiger partial charge in [0.2, 0.25) is 5.89 Å². The molecule has 0 saturated carbocycles. The van der Waals surface area contributed by atoms with Crippen molar-refractivity contribution in [3.63, 3.8) is 0 Å². The second-order valence-corrected chi connectivity index (χ2v) is 7.50. The average molecular weight is 456 g/mol. The number of alkyl halides is 3. The highest BCUT2D eigenvalue weighted by Gasteiger charge is 2.36. The van der Waals surface area contributed by atoms with Gasteiger partial charge < -0.3 is 15.1 Å². The van der Waals surface area contributed by atoms with E-state index in [9.17, 15) is 13.2 Å². The van der Waals surface area contributed by atoms with E-state index in [0.29, 0.717) is 17.8 Å². The van der Waals surface area contributed by atoms with Crippen LogP contribution in [0.3, 0.4) is 0 Å². The molecule has 2 aromatic carbocycles. The first-order valence-corrected chi connectivity index (χ1v) is 10.4. The summed E-state index contributed by atoms with van der Waals surface area (Å²) in [4.78, 5) is 0. The zero-order chi connectivity index (χ0) is 23.4. The second-order valence-electron chi connectivity index (χ2n) is 7.50. The van der Waals surface area contributed by atoms with Crippen LogP contribution in [-0.4, -0.2) is 40.1 Å². The Morgan fingerprint density at radius 1 is 0.970 bits per heavy atom. The lowest BCUT2D eigenvalue weighted by atomic mass is 10.1. The molecule has 4 aromatic rings. The molecule has 0 saturated heterocycles. The van der Waals surface area contributed by atoms with Crippen LogP contribution in [0.4, 0.5) is 13.2 Å². The molecule has 0 fully saturated rings. The maximum Gasteiger partial charge on any atom is 0.435 e. The maximum atomic E-state index is 13.5. The molecule has 2 N–H and O–H groups in total. The number of aromatic nitrogens is 4. The third-order valence-corrected chi connectivity index (χ3v) is 5.06. The molecule has 0 aliphatic heterocycles. The van der Waals surface area contributed by atoms with Gasteiger partial charge in [0.1, 0.15) is 5.69 Å². The van der Waals surface area contributed by atoms with E-state index in [-0.39, 0.29) is 17.5 Å². The summed E-state index contributed by atoms with van der Waals surface area (Å²) in [5.74, 6) is 0.181. The van der Waals surface area contributed by atoms with Crippen LogP contribution >= 0.6 is 0 Å². The highest BCUT2D eigenvalue weighted by Crippen LogP contribution is 2.34. The van der Waals surface area contributed by atoms with Gasteiger partial charge in [-0.2, -0.15) is 18.3 Å². The SMILES string of the molecule is CNCCNCc1cccc(-n2nc(C(F)(F)F)cc2-c2nnc(-c3ccccc3C)o2)c1. The van der Waals surface area contributed by atoms with Gasteiger partial charge in [-0.3, -0.25) is 0 Å². The van der Waals surface area contributed by atoms with Gasteiger partial charge in [0.15, 0.2) is 5.69 Å². The van der Waals surface area contributed by atoms with Crippen LogP contribution in [0.2, 0.25) is 0 Å². The minimum absolute atomic E-state index is 0.0474. The Morgan fingerprint density at radius 2 is 1.76 bits per heavy atom. The lowest BCUT2D eigenvalue weighted by molar-refractivity contribution is -0.141. The Labute approximate surface area is 188 Å². The summed E-state index contributed by atoms with van der Waals surface area (Å²) in [6, 6.07) is 15.5. The normalized spacial score (nSPS) is 11.8. The van der Waals surface area contributed by atoms with Gasteiger partial charge >= 0.3 is 6.18 Å². The number of hydrogen-bond acceptors (Lipinski definition) is 6. The summed E-state index contributed by atoms with van der Waals surface area (Å²) in [6.07, 6.45) is -4.62. The molecule has 7 nitrogen and oxygen atoms in total. The number of nitrogens with one attached hydrogen (secondary N) is 2. The van der Waals surface area contributed by atoms with E-state index >= 15 is 0 Å². The Balaban J connectivity index is 1.72. The molecule has 0 unspecified atom stereocenters. The number of halogens is 3. The van der Waals surface area contributed by atoms with Gasteiger partial charge in [-0.15, -0.1) is 10.2 Å². The summed E-state index contributed by atoms with van der Waals surface area (Å²) in [6.45, 7) is 4.02. The Kier molecular flexibility index (Phi) is 6.57. The minimum atomic E-state index is -4.62. The number of nitrogens with zero attached hydrogens (tertiary/aromatic N) is 4.